The van der Waals surface area contributed by atoms with Crippen molar-refractivity contribution >= 4 is 12.1 Å². The summed E-state index contributed by atoms with van der Waals surface area (Å²) in [4.78, 5) is 23.5. The number of carboxylic acids is 1. The number of methoxy groups -OCH3 is 1. The van der Waals surface area contributed by atoms with E-state index in [2.05, 4.69) is 5.32 Å². The van der Waals surface area contributed by atoms with E-state index in [1.54, 1.807) is 0 Å². The number of rotatable bonds is 9. The minimum atomic E-state index is -1.19. The number of alkyl carbamates (subject to hydrolysis) is 1. The summed E-state index contributed by atoms with van der Waals surface area (Å²) in [6.07, 6.45) is -0.787. The molecule has 0 aromatic heterocycles. The Bertz CT molecular complexity index is 792. The second kappa shape index (κ2) is 9.34. The lowest BCUT2D eigenvalue weighted by molar-refractivity contribution is -0.141. The van der Waals surface area contributed by atoms with Crippen LogP contribution in [0.4, 0.5) is 4.79 Å². The number of hydrogen-bond acceptors (Lipinski definition) is 5. The molecular formula is C21H23NO6. The van der Waals surface area contributed by atoms with E-state index in [9.17, 15) is 14.7 Å². The first kappa shape index (κ1) is 19.9. The highest BCUT2D eigenvalue weighted by Crippen LogP contribution is 2.44. The van der Waals surface area contributed by atoms with Crippen molar-refractivity contribution in [1.82, 2.24) is 5.32 Å². The molecule has 28 heavy (non-hydrogen) atoms. The molecule has 0 heterocycles. The Morgan fingerprint density at radius 1 is 1.04 bits per heavy atom. The van der Waals surface area contributed by atoms with E-state index in [1.165, 1.54) is 7.11 Å². The second-order valence-corrected chi connectivity index (χ2v) is 6.43. The maximum absolute atomic E-state index is 12.2. The van der Waals surface area contributed by atoms with Gasteiger partial charge < -0.3 is 24.6 Å². The minimum absolute atomic E-state index is 0.0839. The minimum Gasteiger partial charge on any atom is -0.480 e. The number of carbonyl (C=O) groups is 2. The highest BCUT2D eigenvalue weighted by atomic mass is 16.6. The summed E-state index contributed by atoms with van der Waals surface area (Å²) >= 11 is 0. The maximum Gasteiger partial charge on any atom is 0.407 e. The molecule has 1 atom stereocenters. The van der Waals surface area contributed by atoms with Crippen LogP contribution in [-0.4, -0.2) is 56.7 Å². The van der Waals surface area contributed by atoms with Gasteiger partial charge >= 0.3 is 12.1 Å². The molecule has 3 rings (SSSR count). The molecule has 0 bridgehead atoms. The summed E-state index contributed by atoms with van der Waals surface area (Å²) in [5, 5.41) is 11.6. The van der Waals surface area contributed by atoms with Crippen molar-refractivity contribution in [1.29, 1.82) is 0 Å². The third-order valence-corrected chi connectivity index (χ3v) is 4.65. The number of aliphatic carboxylic acids is 1. The molecule has 7 heteroatoms. The molecule has 148 valence electrons. The van der Waals surface area contributed by atoms with E-state index in [1.807, 2.05) is 48.5 Å². The first-order valence-electron chi connectivity index (χ1n) is 9.02. The van der Waals surface area contributed by atoms with E-state index in [0.717, 1.165) is 22.3 Å². The zero-order valence-electron chi connectivity index (χ0n) is 15.6. The van der Waals surface area contributed by atoms with Crippen LogP contribution in [0.2, 0.25) is 0 Å². The fourth-order valence-corrected chi connectivity index (χ4v) is 3.30. The molecule has 2 aromatic carbocycles. The van der Waals surface area contributed by atoms with Crippen LogP contribution >= 0.6 is 0 Å². The van der Waals surface area contributed by atoms with Gasteiger partial charge in [-0.2, -0.15) is 0 Å². The highest BCUT2D eigenvalue weighted by molar-refractivity contribution is 5.81. The van der Waals surface area contributed by atoms with Crippen LogP contribution in [0.15, 0.2) is 48.5 Å². The van der Waals surface area contributed by atoms with E-state index >= 15 is 0 Å². The number of benzene rings is 2. The predicted octanol–water partition coefficient (Wildman–Crippen LogP) is 2.64. The van der Waals surface area contributed by atoms with Gasteiger partial charge in [-0.25, -0.2) is 9.59 Å². The van der Waals surface area contributed by atoms with Crippen molar-refractivity contribution < 1.29 is 28.9 Å². The van der Waals surface area contributed by atoms with Crippen LogP contribution in [0.3, 0.4) is 0 Å². The van der Waals surface area contributed by atoms with Crippen molar-refractivity contribution in [2.45, 2.75) is 12.0 Å². The fraction of sp³-hybridized carbons (Fsp3) is 0.333. The molecule has 0 spiro atoms. The van der Waals surface area contributed by atoms with Gasteiger partial charge in [-0.3, -0.25) is 0 Å². The Kier molecular flexibility index (Phi) is 6.62. The molecule has 2 aromatic rings. The Morgan fingerprint density at radius 3 is 2.21 bits per heavy atom. The molecule has 2 N–H and O–H groups in total. The number of fused-ring (bicyclic) bond motifs is 3. The van der Waals surface area contributed by atoms with Gasteiger partial charge in [0.25, 0.3) is 0 Å². The maximum atomic E-state index is 12.2. The van der Waals surface area contributed by atoms with E-state index in [4.69, 9.17) is 14.2 Å². The quantitative estimate of drug-likeness (QED) is 0.645. The topological polar surface area (TPSA) is 94.1 Å². The number of ether oxygens (including phenoxy) is 3. The number of nitrogens with one attached hydrogen (secondary N) is 1. The number of hydrogen-bond donors (Lipinski definition) is 2. The molecule has 1 aliphatic rings. The SMILES string of the molecule is COCCOC[C@@H](NC(=O)OCC1c2ccccc2-c2ccccc21)C(=O)O. The van der Waals surface area contributed by atoms with Crippen molar-refractivity contribution in [3.05, 3.63) is 59.7 Å². The van der Waals surface area contributed by atoms with E-state index in [0.29, 0.717) is 6.61 Å². The summed E-state index contributed by atoms with van der Waals surface area (Å²) < 4.78 is 15.4. The summed E-state index contributed by atoms with van der Waals surface area (Å²) in [6.45, 7) is 0.545. The lowest BCUT2D eigenvalue weighted by Gasteiger charge is -2.17. The first-order valence-corrected chi connectivity index (χ1v) is 9.02. The van der Waals surface area contributed by atoms with Gasteiger partial charge in [-0.15, -0.1) is 0 Å². The third kappa shape index (κ3) is 4.49. The zero-order chi connectivity index (χ0) is 19.9. The van der Waals surface area contributed by atoms with Crippen LogP contribution in [0.1, 0.15) is 17.0 Å². The third-order valence-electron chi connectivity index (χ3n) is 4.65. The van der Waals surface area contributed by atoms with Gasteiger partial charge in [-0.05, 0) is 22.3 Å². The summed E-state index contributed by atoms with van der Waals surface area (Å²) in [6, 6.07) is 14.8. The molecule has 0 fully saturated rings. The largest absolute Gasteiger partial charge is 0.480 e. The van der Waals surface area contributed by atoms with E-state index in [-0.39, 0.29) is 25.7 Å². The second-order valence-electron chi connectivity index (χ2n) is 6.43. The van der Waals surface area contributed by atoms with Crippen LogP contribution in [0, 0.1) is 0 Å². The molecule has 0 aliphatic heterocycles. The Labute approximate surface area is 163 Å². The molecule has 0 saturated heterocycles. The number of carboxylic acid groups (broad SMARTS) is 1. The molecule has 1 amide bonds. The Morgan fingerprint density at radius 2 is 1.64 bits per heavy atom. The van der Waals surface area contributed by atoms with Crippen LogP contribution in [0.25, 0.3) is 11.1 Å². The van der Waals surface area contributed by atoms with Crippen molar-refractivity contribution in [2.24, 2.45) is 0 Å². The standard InChI is InChI=1S/C21H23NO6/c1-26-10-11-27-13-19(20(23)24)22-21(25)28-12-18-16-8-4-2-6-14(16)15-7-3-5-9-17(15)18/h2-9,18-19H,10-13H2,1H3,(H,22,25)(H,23,24)/t19-/m1/s1. The molecule has 0 unspecified atom stereocenters. The van der Waals surface area contributed by atoms with Crippen LogP contribution in [0.5, 0.6) is 0 Å². The van der Waals surface area contributed by atoms with Gasteiger partial charge in [-0.1, -0.05) is 48.5 Å². The molecule has 7 nitrogen and oxygen atoms in total. The van der Waals surface area contributed by atoms with Crippen molar-refractivity contribution in [3.8, 4) is 11.1 Å². The van der Waals surface area contributed by atoms with Gasteiger partial charge in [0.1, 0.15) is 6.61 Å². The van der Waals surface area contributed by atoms with Gasteiger partial charge in [0.15, 0.2) is 6.04 Å². The van der Waals surface area contributed by atoms with Gasteiger partial charge in [0, 0.05) is 13.0 Å². The van der Waals surface area contributed by atoms with Gasteiger partial charge in [0.05, 0.1) is 19.8 Å². The zero-order valence-corrected chi connectivity index (χ0v) is 15.6. The molecule has 1 aliphatic carbocycles. The lowest BCUT2D eigenvalue weighted by atomic mass is 9.98. The Hall–Kier alpha value is -2.90. The lowest BCUT2D eigenvalue weighted by Crippen LogP contribution is -2.44. The molecular weight excluding hydrogens is 362 g/mol. The predicted molar refractivity (Wildman–Crippen MR) is 102 cm³/mol. The summed E-state index contributed by atoms with van der Waals surface area (Å²) in [5.74, 6) is -1.27. The summed E-state index contributed by atoms with van der Waals surface area (Å²) in [7, 11) is 1.52. The average Bonchev–Trinajstić information content (AvgIpc) is 3.02. The Balaban J connectivity index is 1.60. The monoisotopic (exact) mass is 385 g/mol. The number of amides is 1. The van der Waals surface area contributed by atoms with Crippen molar-refractivity contribution in [2.75, 3.05) is 33.5 Å². The fourth-order valence-electron chi connectivity index (χ4n) is 3.30. The van der Waals surface area contributed by atoms with Crippen LogP contribution in [-0.2, 0) is 19.0 Å². The van der Waals surface area contributed by atoms with Gasteiger partial charge in [0.2, 0.25) is 0 Å². The molecule has 0 radical (unpaired) electrons. The first-order chi connectivity index (χ1) is 13.6. The van der Waals surface area contributed by atoms with Crippen LogP contribution < -0.4 is 5.32 Å². The normalized spacial score (nSPS) is 13.5. The van der Waals surface area contributed by atoms with E-state index < -0.39 is 18.1 Å². The highest BCUT2D eigenvalue weighted by Gasteiger charge is 2.29. The number of carbonyl (C=O) groups excluding carboxylic acids is 1. The summed E-state index contributed by atoms with van der Waals surface area (Å²) in [5.41, 5.74) is 4.44. The van der Waals surface area contributed by atoms with Crippen molar-refractivity contribution in [3.63, 3.8) is 0 Å². The smallest absolute Gasteiger partial charge is 0.407 e. The molecule has 0 saturated carbocycles. The average molecular weight is 385 g/mol.